The summed E-state index contributed by atoms with van der Waals surface area (Å²) in [5, 5.41) is 16.0. The first-order valence-electron chi connectivity index (χ1n) is 8.77. The van der Waals surface area contributed by atoms with Gasteiger partial charge in [-0.05, 0) is 37.1 Å². The predicted molar refractivity (Wildman–Crippen MR) is 91.3 cm³/mol. The number of β-amino-alcohol motifs (C(OH)–C–C–N with tert-alkyl or cyclic N) is 1. The summed E-state index contributed by atoms with van der Waals surface area (Å²) >= 11 is 0. The third kappa shape index (κ3) is 5.96. The van der Waals surface area contributed by atoms with Gasteiger partial charge >= 0.3 is 6.36 Å². The standard InChI is InChI=1S/C18H20F3N3O4/c19-18(20,21)27-14-5-1-3-12(7-14)9-22-17(26)16-8-15(28-23-16)11-24-6-2-4-13(25)10-24/h1,3,5,7-8,13,25H,2,4,6,9-11H2,(H,22,26)/t13-/m1/s1. The number of piperidine rings is 1. The quantitative estimate of drug-likeness (QED) is 0.776. The summed E-state index contributed by atoms with van der Waals surface area (Å²) < 4.78 is 45.8. The van der Waals surface area contributed by atoms with Crippen molar-refractivity contribution in [3.05, 3.63) is 47.3 Å². The van der Waals surface area contributed by atoms with Gasteiger partial charge in [-0.1, -0.05) is 17.3 Å². The molecule has 1 aromatic carbocycles. The Morgan fingerprint density at radius 3 is 2.96 bits per heavy atom. The number of carbonyl (C=O) groups excluding carboxylic acids is 1. The average molecular weight is 399 g/mol. The third-order valence-corrected chi connectivity index (χ3v) is 4.24. The molecule has 152 valence electrons. The van der Waals surface area contributed by atoms with Crippen molar-refractivity contribution >= 4 is 5.91 Å². The molecule has 10 heteroatoms. The maximum absolute atomic E-state index is 12.3. The molecule has 0 saturated carbocycles. The van der Waals surface area contributed by atoms with E-state index in [0.29, 0.717) is 24.4 Å². The number of amides is 1. The zero-order valence-corrected chi connectivity index (χ0v) is 14.9. The number of halogens is 3. The molecule has 1 amide bonds. The van der Waals surface area contributed by atoms with Crippen LogP contribution >= 0.6 is 0 Å². The van der Waals surface area contributed by atoms with E-state index in [0.717, 1.165) is 19.4 Å². The number of nitrogens with zero attached hydrogens (tertiary/aromatic N) is 2. The number of nitrogens with one attached hydrogen (secondary N) is 1. The van der Waals surface area contributed by atoms with Gasteiger partial charge in [0.25, 0.3) is 5.91 Å². The van der Waals surface area contributed by atoms with Gasteiger partial charge in [-0.3, -0.25) is 9.69 Å². The molecule has 0 bridgehead atoms. The van der Waals surface area contributed by atoms with Crippen LogP contribution in [-0.2, 0) is 13.1 Å². The van der Waals surface area contributed by atoms with Crippen LogP contribution in [0.2, 0.25) is 0 Å². The Morgan fingerprint density at radius 1 is 1.39 bits per heavy atom. The second-order valence-corrected chi connectivity index (χ2v) is 6.59. The maximum atomic E-state index is 12.3. The summed E-state index contributed by atoms with van der Waals surface area (Å²) in [6, 6.07) is 6.87. The molecule has 0 radical (unpaired) electrons. The fourth-order valence-corrected chi connectivity index (χ4v) is 3.02. The maximum Gasteiger partial charge on any atom is 0.573 e. The molecule has 28 heavy (non-hydrogen) atoms. The van der Waals surface area contributed by atoms with Gasteiger partial charge in [-0.15, -0.1) is 13.2 Å². The fourth-order valence-electron chi connectivity index (χ4n) is 3.02. The number of aromatic nitrogens is 1. The van der Waals surface area contributed by atoms with Crippen LogP contribution in [0.1, 0.15) is 34.7 Å². The molecule has 3 rings (SSSR count). The summed E-state index contributed by atoms with van der Waals surface area (Å²) in [4.78, 5) is 14.2. The topological polar surface area (TPSA) is 87.8 Å². The minimum atomic E-state index is -4.77. The number of ether oxygens (including phenoxy) is 1. The molecule has 2 N–H and O–H groups in total. The number of benzene rings is 1. The van der Waals surface area contributed by atoms with Crippen LogP contribution in [0.4, 0.5) is 13.2 Å². The Hall–Kier alpha value is -2.59. The largest absolute Gasteiger partial charge is 0.573 e. The number of aliphatic hydroxyl groups is 1. The third-order valence-electron chi connectivity index (χ3n) is 4.24. The van der Waals surface area contributed by atoms with Gasteiger partial charge < -0.3 is 19.7 Å². The van der Waals surface area contributed by atoms with Crippen LogP contribution in [0, 0.1) is 0 Å². The van der Waals surface area contributed by atoms with Gasteiger partial charge in [0.1, 0.15) is 5.75 Å². The first-order valence-corrected chi connectivity index (χ1v) is 8.77. The molecule has 1 aliphatic heterocycles. The Labute approximate surface area is 159 Å². The van der Waals surface area contributed by atoms with Crippen molar-refractivity contribution in [1.29, 1.82) is 0 Å². The van der Waals surface area contributed by atoms with Crippen molar-refractivity contribution in [2.75, 3.05) is 13.1 Å². The molecule has 2 heterocycles. The zero-order valence-electron chi connectivity index (χ0n) is 14.9. The lowest BCUT2D eigenvalue weighted by atomic mass is 10.1. The van der Waals surface area contributed by atoms with Crippen LogP contribution in [0.5, 0.6) is 5.75 Å². The summed E-state index contributed by atoms with van der Waals surface area (Å²) in [7, 11) is 0. The van der Waals surface area contributed by atoms with Crippen LogP contribution in [-0.4, -0.2) is 46.6 Å². The van der Waals surface area contributed by atoms with E-state index in [1.54, 1.807) is 6.07 Å². The normalized spacial score (nSPS) is 18.1. The number of carbonyl (C=O) groups is 1. The van der Waals surface area contributed by atoms with E-state index in [9.17, 15) is 23.1 Å². The SMILES string of the molecule is O=C(NCc1cccc(OC(F)(F)F)c1)c1cc(CN2CCC[C@@H](O)C2)on1. The highest BCUT2D eigenvalue weighted by molar-refractivity contribution is 5.92. The van der Waals surface area contributed by atoms with E-state index in [2.05, 4.69) is 15.2 Å². The zero-order chi connectivity index (χ0) is 20.1. The Kier molecular flexibility index (Phi) is 6.20. The number of rotatable bonds is 6. The second kappa shape index (κ2) is 8.61. The minimum absolute atomic E-state index is 0.00833. The number of hydrogen-bond acceptors (Lipinski definition) is 6. The monoisotopic (exact) mass is 399 g/mol. The number of likely N-dealkylation sites (tertiary alicyclic amines) is 1. The highest BCUT2D eigenvalue weighted by Crippen LogP contribution is 2.23. The van der Waals surface area contributed by atoms with Crippen LogP contribution in [0.3, 0.4) is 0 Å². The van der Waals surface area contributed by atoms with E-state index >= 15 is 0 Å². The fraction of sp³-hybridized carbons (Fsp3) is 0.444. The Balaban J connectivity index is 1.53. The summed E-state index contributed by atoms with van der Waals surface area (Å²) in [5.74, 6) is -0.359. The highest BCUT2D eigenvalue weighted by Gasteiger charge is 2.31. The summed E-state index contributed by atoms with van der Waals surface area (Å²) in [5.41, 5.74) is 0.524. The van der Waals surface area contributed by atoms with E-state index in [1.165, 1.54) is 24.3 Å². The molecule has 2 aromatic rings. The number of aliphatic hydroxyl groups excluding tert-OH is 1. The lowest BCUT2D eigenvalue weighted by Crippen LogP contribution is -2.37. The van der Waals surface area contributed by atoms with E-state index < -0.39 is 12.3 Å². The molecule has 0 unspecified atom stereocenters. The van der Waals surface area contributed by atoms with Crippen molar-refractivity contribution in [3.8, 4) is 5.75 Å². The molecule has 1 aliphatic rings. The second-order valence-electron chi connectivity index (χ2n) is 6.59. The van der Waals surface area contributed by atoms with Gasteiger partial charge in [-0.25, -0.2) is 0 Å². The molecule has 1 aromatic heterocycles. The summed E-state index contributed by atoms with van der Waals surface area (Å²) in [6.45, 7) is 1.82. The molecule has 0 spiro atoms. The van der Waals surface area contributed by atoms with Crippen LogP contribution in [0.15, 0.2) is 34.9 Å². The van der Waals surface area contributed by atoms with Crippen molar-refractivity contribution < 1.29 is 32.3 Å². The van der Waals surface area contributed by atoms with Crippen molar-refractivity contribution in [3.63, 3.8) is 0 Å². The highest BCUT2D eigenvalue weighted by atomic mass is 19.4. The number of hydrogen-bond donors (Lipinski definition) is 2. The first kappa shape index (κ1) is 20.2. The first-order chi connectivity index (χ1) is 13.3. The molecular weight excluding hydrogens is 379 g/mol. The number of alkyl halides is 3. The smallest absolute Gasteiger partial charge is 0.406 e. The van der Waals surface area contributed by atoms with Crippen LogP contribution < -0.4 is 10.1 Å². The summed E-state index contributed by atoms with van der Waals surface area (Å²) in [6.07, 6.45) is -3.48. The molecular formula is C18H20F3N3O4. The van der Waals surface area contributed by atoms with Crippen molar-refractivity contribution in [2.24, 2.45) is 0 Å². The van der Waals surface area contributed by atoms with Gasteiger partial charge in [0, 0.05) is 19.2 Å². The van der Waals surface area contributed by atoms with Gasteiger partial charge in [-0.2, -0.15) is 0 Å². The van der Waals surface area contributed by atoms with Gasteiger partial charge in [0.15, 0.2) is 11.5 Å². The van der Waals surface area contributed by atoms with E-state index in [4.69, 9.17) is 4.52 Å². The van der Waals surface area contributed by atoms with Crippen molar-refractivity contribution in [2.45, 2.75) is 38.4 Å². The van der Waals surface area contributed by atoms with E-state index in [-0.39, 0.29) is 24.1 Å². The average Bonchev–Trinajstić information content (AvgIpc) is 3.07. The molecule has 7 nitrogen and oxygen atoms in total. The van der Waals surface area contributed by atoms with Gasteiger partial charge in [0.2, 0.25) is 0 Å². The molecule has 0 aliphatic carbocycles. The molecule has 1 fully saturated rings. The lowest BCUT2D eigenvalue weighted by molar-refractivity contribution is -0.274. The van der Waals surface area contributed by atoms with Crippen LogP contribution in [0.25, 0.3) is 0 Å². The lowest BCUT2D eigenvalue weighted by Gasteiger charge is -2.28. The Morgan fingerprint density at radius 2 is 2.21 bits per heavy atom. The minimum Gasteiger partial charge on any atom is -0.406 e. The molecule has 1 atom stereocenters. The van der Waals surface area contributed by atoms with Crippen molar-refractivity contribution in [1.82, 2.24) is 15.4 Å². The van der Waals surface area contributed by atoms with E-state index in [1.807, 2.05) is 4.90 Å². The van der Waals surface area contributed by atoms with Gasteiger partial charge in [0.05, 0.1) is 12.6 Å². The Bertz CT molecular complexity index is 809. The molecule has 1 saturated heterocycles. The predicted octanol–water partition coefficient (Wildman–Crippen LogP) is 2.46.